The number of aryl methyl sites for hydroxylation is 1. The van der Waals surface area contributed by atoms with Gasteiger partial charge in [0.15, 0.2) is 11.6 Å². The molecule has 0 fully saturated rings. The molecule has 1 aliphatic rings. The number of nitrogens with zero attached hydrogens (tertiary/aromatic N) is 2. The fourth-order valence-corrected chi connectivity index (χ4v) is 2.30. The molecule has 0 saturated carbocycles. The Hall–Kier alpha value is -2.93. The van der Waals surface area contributed by atoms with Crippen LogP contribution in [0.4, 0.5) is 5.82 Å². The lowest BCUT2D eigenvalue weighted by molar-refractivity contribution is -0.114. The van der Waals surface area contributed by atoms with E-state index in [0.717, 1.165) is 10.6 Å². The molecule has 0 atom stereocenters. The van der Waals surface area contributed by atoms with E-state index in [4.69, 9.17) is 0 Å². The quantitative estimate of drug-likeness (QED) is 0.637. The second-order valence-corrected chi connectivity index (χ2v) is 5.12. The van der Waals surface area contributed by atoms with Crippen molar-refractivity contribution in [2.75, 3.05) is 11.9 Å². The molecule has 0 aliphatic carbocycles. The minimum Gasteiger partial charge on any atom is -0.345 e. The van der Waals surface area contributed by atoms with Crippen LogP contribution in [0.1, 0.15) is 26.4 Å². The fourth-order valence-electron chi connectivity index (χ4n) is 2.30. The van der Waals surface area contributed by atoms with E-state index in [1.54, 1.807) is 30.3 Å². The van der Waals surface area contributed by atoms with E-state index in [2.05, 4.69) is 15.5 Å². The predicted molar refractivity (Wildman–Crippen MR) is 90.2 cm³/mol. The summed E-state index contributed by atoms with van der Waals surface area (Å²) in [7, 11) is 0. The summed E-state index contributed by atoms with van der Waals surface area (Å²) in [6.07, 6.45) is 2.70. The highest BCUT2D eigenvalue weighted by Gasteiger charge is 2.35. The topological polar surface area (TPSA) is 95.2 Å². The number of rotatable bonds is 5. The fraction of sp³-hybridized carbons (Fsp3) is 0.125. The van der Waals surface area contributed by atoms with Gasteiger partial charge in [0, 0.05) is 18.0 Å². The summed E-state index contributed by atoms with van der Waals surface area (Å²) in [6, 6.07) is 8.31. The molecule has 0 radical (unpaired) electrons. The number of carbonyl (C=O) groups excluding carboxylic acids is 3. The summed E-state index contributed by atoms with van der Waals surface area (Å²) in [6.45, 7) is 1.57. The van der Waals surface area contributed by atoms with Crippen LogP contribution in [0, 0.1) is 6.92 Å². The molecular formula is C16H15ClN4O3. The first-order chi connectivity index (χ1) is 11.1. The van der Waals surface area contributed by atoms with Crippen LogP contribution in [0.3, 0.4) is 0 Å². The summed E-state index contributed by atoms with van der Waals surface area (Å²) in [4.78, 5) is 37.2. The zero-order valence-corrected chi connectivity index (χ0v) is 13.6. The van der Waals surface area contributed by atoms with Gasteiger partial charge in [0.05, 0.1) is 17.7 Å². The number of imide groups is 1. The van der Waals surface area contributed by atoms with Gasteiger partial charge < -0.3 is 5.32 Å². The van der Waals surface area contributed by atoms with E-state index >= 15 is 0 Å². The van der Waals surface area contributed by atoms with Gasteiger partial charge in [-0.1, -0.05) is 12.1 Å². The second kappa shape index (κ2) is 7.10. The van der Waals surface area contributed by atoms with Crippen molar-refractivity contribution in [3.63, 3.8) is 0 Å². The number of anilines is 1. The van der Waals surface area contributed by atoms with Crippen LogP contribution in [-0.2, 0) is 4.79 Å². The van der Waals surface area contributed by atoms with E-state index in [1.807, 2.05) is 6.92 Å². The normalized spacial score (nSPS) is 13.1. The molecule has 7 nitrogen and oxygen atoms in total. The molecule has 2 heterocycles. The molecule has 0 bridgehead atoms. The van der Waals surface area contributed by atoms with Crippen molar-refractivity contribution in [2.24, 2.45) is 0 Å². The number of nitrogens with one attached hydrogen (secondary N) is 2. The number of halogens is 1. The van der Waals surface area contributed by atoms with Gasteiger partial charge in [-0.25, -0.2) is 0 Å². The van der Waals surface area contributed by atoms with Crippen LogP contribution < -0.4 is 5.32 Å². The Labute approximate surface area is 144 Å². The molecule has 2 aromatic rings. The second-order valence-electron chi connectivity index (χ2n) is 5.12. The lowest BCUT2D eigenvalue weighted by Gasteiger charge is -2.10. The first kappa shape index (κ1) is 17.4. The number of fused-ring (bicyclic) bond motifs is 1. The zero-order valence-electron chi connectivity index (χ0n) is 12.8. The maximum atomic E-state index is 12.1. The predicted octanol–water partition coefficient (Wildman–Crippen LogP) is 1.93. The van der Waals surface area contributed by atoms with Crippen molar-refractivity contribution >= 4 is 35.8 Å². The highest BCUT2D eigenvalue weighted by Crippen LogP contribution is 2.22. The van der Waals surface area contributed by atoms with E-state index in [9.17, 15) is 14.4 Å². The Kier molecular flexibility index (Phi) is 5.15. The molecule has 1 aromatic heterocycles. The monoisotopic (exact) mass is 346 g/mol. The SMILES string of the molecule is Cc1cc(N/C=C\C(=O)CN2C(=O)c3ccccc3C2=O)n[nH]1.Cl. The Morgan fingerprint density at radius 2 is 1.88 bits per heavy atom. The molecular weight excluding hydrogens is 332 g/mol. The third-order valence-corrected chi connectivity index (χ3v) is 3.40. The van der Waals surface area contributed by atoms with Crippen LogP contribution in [-0.4, -0.2) is 39.2 Å². The number of amides is 2. The van der Waals surface area contributed by atoms with Gasteiger partial charge in [-0.05, 0) is 25.1 Å². The Morgan fingerprint density at radius 3 is 2.42 bits per heavy atom. The summed E-state index contributed by atoms with van der Waals surface area (Å²) in [5, 5.41) is 9.54. The van der Waals surface area contributed by atoms with Crippen LogP contribution in [0.2, 0.25) is 0 Å². The maximum absolute atomic E-state index is 12.1. The Morgan fingerprint density at radius 1 is 1.25 bits per heavy atom. The number of ketones is 1. The third-order valence-electron chi connectivity index (χ3n) is 3.40. The summed E-state index contributed by atoms with van der Waals surface area (Å²) in [5.41, 5.74) is 1.55. The molecule has 8 heteroatoms. The number of carbonyl (C=O) groups is 3. The summed E-state index contributed by atoms with van der Waals surface area (Å²) in [5.74, 6) is -0.669. The van der Waals surface area contributed by atoms with Crippen molar-refractivity contribution in [3.8, 4) is 0 Å². The van der Waals surface area contributed by atoms with Gasteiger partial charge in [-0.15, -0.1) is 12.4 Å². The molecule has 3 rings (SSSR count). The van der Waals surface area contributed by atoms with E-state index < -0.39 is 11.8 Å². The first-order valence-electron chi connectivity index (χ1n) is 6.99. The molecule has 124 valence electrons. The molecule has 1 aromatic carbocycles. The number of H-pyrrole nitrogens is 1. The van der Waals surface area contributed by atoms with Crippen molar-refractivity contribution in [1.29, 1.82) is 0 Å². The molecule has 24 heavy (non-hydrogen) atoms. The standard InChI is InChI=1S/C16H14N4O3.ClH/c1-10-8-14(19-18-10)17-7-6-11(21)9-20-15(22)12-4-2-3-5-13(12)16(20)23;/h2-8H,9H2,1H3,(H2,17,18,19);1H/b7-6-;. The Balaban J connectivity index is 0.00000208. The van der Waals surface area contributed by atoms with Crippen molar-refractivity contribution < 1.29 is 14.4 Å². The molecule has 0 unspecified atom stereocenters. The van der Waals surface area contributed by atoms with Crippen LogP contribution >= 0.6 is 12.4 Å². The maximum Gasteiger partial charge on any atom is 0.261 e. The first-order valence-corrected chi connectivity index (χ1v) is 6.99. The third kappa shape index (κ3) is 3.36. The van der Waals surface area contributed by atoms with Gasteiger partial charge >= 0.3 is 0 Å². The van der Waals surface area contributed by atoms with Gasteiger partial charge in [-0.3, -0.25) is 24.4 Å². The van der Waals surface area contributed by atoms with Crippen LogP contribution in [0.5, 0.6) is 0 Å². The average molecular weight is 347 g/mol. The number of hydrogen-bond acceptors (Lipinski definition) is 5. The summed E-state index contributed by atoms with van der Waals surface area (Å²) < 4.78 is 0. The molecule has 0 spiro atoms. The van der Waals surface area contributed by atoms with Gasteiger partial charge in [0.25, 0.3) is 11.8 Å². The van der Waals surface area contributed by atoms with E-state index in [1.165, 1.54) is 12.3 Å². The highest BCUT2D eigenvalue weighted by atomic mass is 35.5. The number of aromatic amines is 1. The zero-order chi connectivity index (χ0) is 16.4. The average Bonchev–Trinajstić information content (AvgIpc) is 3.05. The van der Waals surface area contributed by atoms with E-state index in [0.29, 0.717) is 16.9 Å². The number of aromatic nitrogens is 2. The van der Waals surface area contributed by atoms with Gasteiger partial charge in [0.2, 0.25) is 0 Å². The lowest BCUT2D eigenvalue weighted by Crippen LogP contribution is -2.34. The highest BCUT2D eigenvalue weighted by molar-refractivity contribution is 6.22. The number of benzene rings is 1. The molecule has 2 amide bonds. The van der Waals surface area contributed by atoms with Crippen molar-refractivity contribution in [3.05, 3.63) is 59.4 Å². The minimum absolute atomic E-state index is 0. The smallest absolute Gasteiger partial charge is 0.261 e. The van der Waals surface area contributed by atoms with Crippen LogP contribution in [0.25, 0.3) is 0 Å². The Bertz CT molecular complexity index is 793. The molecule has 2 N–H and O–H groups in total. The van der Waals surface area contributed by atoms with Crippen molar-refractivity contribution in [1.82, 2.24) is 15.1 Å². The van der Waals surface area contributed by atoms with Crippen molar-refractivity contribution in [2.45, 2.75) is 6.92 Å². The van der Waals surface area contributed by atoms with Gasteiger partial charge in [0.1, 0.15) is 0 Å². The van der Waals surface area contributed by atoms with Gasteiger partial charge in [-0.2, -0.15) is 5.10 Å². The molecule has 1 aliphatic heterocycles. The van der Waals surface area contributed by atoms with E-state index in [-0.39, 0.29) is 24.7 Å². The minimum atomic E-state index is -0.441. The largest absolute Gasteiger partial charge is 0.345 e. The summed E-state index contributed by atoms with van der Waals surface area (Å²) >= 11 is 0. The van der Waals surface area contributed by atoms with Crippen LogP contribution in [0.15, 0.2) is 42.6 Å². The lowest BCUT2D eigenvalue weighted by atomic mass is 10.1. The molecule has 0 saturated heterocycles. The number of hydrogen-bond donors (Lipinski definition) is 2.